The Bertz CT molecular complexity index is 930. The minimum absolute atomic E-state index is 0.324. The summed E-state index contributed by atoms with van der Waals surface area (Å²) in [6, 6.07) is 12.2. The van der Waals surface area contributed by atoms with Crippen molar-refractivity contribution < 1.29 is 18.7 Å². The maximum Gasteiger partial charge on any atom is 0.338 e. The molecule has 7 heteroatoms. The molecule has 138 valence electrons. The number of nitrogens with zero attached hydrogens (tertiary/aromatic N) is 2. The predicted molar refractivity (Wildman–Crippen MR) is 99.2 cm³/mol. The molecule has 1 N–H and O–H groups in total. The summed E-state index contributed by atoms with van der Waals surface area (Å²) in [5.74, 6) is -0.615. The minimum Gasteiger partial charge on any atom is -0.449 e. The molecule has 0 aliphatic carbocycles. The highest BCUT2D eigenvalue weighted by Gasteiger charge is 2.20. The molecule has 1 amide bonds. The second-order valence-corrected chi connectivity index (χ2v) is 6.12. The smallest absolute Gasteiger partial charge is 0.338 e. The Morgan fingerprint density at radius 2 is 1.74 bits per heavy atom. The van der Waals surface area contributed by atoms with Crippen LogP contribution in [0, 0.1) is 13.8 Å². The number of hydrogen-bond acceptors (Lipinski definition) is 6. The predicted octanol–water partition coefficient (Wildman–Crippen LogP) is 3.54. The number of para-hydroxylation sites is 1. The SMILES string of the molecule is Cc1cccc(C)c1NC(=O)[C@H](C)OC(=O)c1ccc(-c2nnco2)cc1. The molecule has 0 radical (unpaired) electrons. The van der Waals surface area contributed by atoms with Gasteiger partial charge in [0, 0.05) is 11.3 Å². The first-order chi connectivity index (χ1) is 13.0. The van der Waals surface area contributed by atoms with Crippen LogP contribution in [0.2, 0.25) is 0 Å². The zero-order chi connectivity index (χ0) is 19.4. The molecule has 0 bridgehead atoms. The van der Waals surface area contributed by atoms with Crippen LogP contribution in [0.5, 0.6) is 0 Å². The molecule has 1 heterocycles. The minimum atomic E-state index is -0.938. The zero-order valence-electron chi connectivity index (χ0n) is 15.2. The third-order valence-corrected chi connectivity index (χ3v) is 4.11. The van der Waals surface area contributed by atoms with Crippen molar-refractivity contribution in [2.24, 2.45) is 0 Å². The molecule has 0 aliphatic heterocycles. The summed E-state index contributed by atoms with van der Waals surface area (Å²) < 4.78 is 10.4. The van der Waals surface area contributed by atoms with E-state index in [1.54, 1.807) is 24.3 Å². The van der Waals surface area contributed by atoms with E-state index in [2.05, 4.69) is 15.5 Å². The molecule has 3 aromatic rings. The highest BCUT2D eigenvalue weighted by molar-refractivity contribution is 5.98. The van der Waals surface area contributed by atoms with Crippen molar-refractivity contribution in [1.29, 1.82) is 0 Å². The van der Waals surface area contributed by atoms with E-state index in [4.69, 9.17) is 9.15 Å². The average molecular weight is 365 g/mol. The number of anilines is 1. The van der Waals surface area contributed by atoms with Gasteiger partial charge in [-0.15, -0.1) is 10.2 Å². The molecular weight excluding hydrogens is 346 g/mol. The molecule has 3 rings (SSSR count). The van der Waals surface area contributed by atoms with E-state index in [0.29, 0.717) is 17.0 Å². The summed E-state index contributed by atoms with van der Waals surface area (Å²) in [5, 5.41) is 10.2. The summed E-state index contributed by atoms with van der Waals surface area (Å²) in [4.78, 5) is 24.7. The zero-order valence-corrected chi connectivity index (χ0v) is 15.2. The van der Waals surface area contributed by atoms with Crippen LogP contribution in [0.25, 0.3) is 11.5 Å². The summed E-state index contributed by atoms with van der Waals surface area (Å²) in [6.45, 7) is 5.35. The maximum absolute atomic E-state index is 12.4. The van der Waals surface area contributed by atoms with E-state index >= 15 is 0 Å². The average Bonchev–Trinajstić information content (AvgIpc) is 3.19. The number of rotatable bonds is 5. The monoisotopic (exact) mass is 365 g/mol. The Labute approximate surface area is 156 Å². The van der Waals surface area contributed by atoms with Crippen LogP contribution in [0.3, 0.4) is 0 Å². The lowest BCUT2D eigenvalue weighted by molar-refractivity contribution is -0.123. The van der Waals surface area contributed by atoms with E-state index in [1.807, 2.05) is 32.0 Å². The van der Waals surface area contributed by atoms with Crippen molar-refractivity contribution in [3.8, 4) is 11.5 Å². The molecule has 0 fully saturated rings. The molecule has 0 saturated carbocycles. The van der Waals surface area contributed by atoms with Crippen molar-refractivity contribution in [1.82, 2.24) is 10.2 Å². The molecule has 0 unspecified atom stereocenters. The standard InChI is InChI=1S/C20H19N3O4/c1-12-5-4-6-13(2)17(12)22-18(24)14(3)27-20(25)16-9-7-15(8-10-16)19-23-21-11-26-19/h4-11,14H,1-3H3,(H,22,24)/t14-/m0/s1. The van der Waals surface area contributed by atoms with Crippen LogP contribution in [0.15, 0.2) is 53.3 Å². The molecule has 7 nitrogen and oxygen atoms in total. The van der Waals surface area contributed by atoms with Crippen molar-refractivity contribution in [3.63, 3.8) is 0 Å². The lowest BCUT2D eigenvalue weighted by Gasteiger charge is -2.16. The first-order valence-electron chi connectivity index (χ1n) is 8.40. The van der Waals surface area contributed by atoms with E-state index < -0.39 is 12.1 Å². The van der Waals surface area contributed by atoms with Gasteiger partial charge in [0.15, 0.2) is 6.10 Å². The van der Waals surface area contributed by atoms with Gasteiger partial charge in [0.2, 0.25) is 12.3 Å². The molecular formula is C20H19N3O4. The maximum atomic E-state index is 12.4. The van der Waals surface area contributed by atoms with Crippen molar-refractivity contribution in [3.05, 3.63) is 65.5 Å². The summed E-state index contributed by atoms with van der Waals surface area (Å²) >= 11 is 0. The van der Waals surface area contributed by atoms with E-state index in [9.17, 15) is 9.59 Å². The highest BCUT2D eigenvalue weighted by atomic mass is 16.5. The van der Waals surface area contributed by atoms with Gasteiger partial charge in [0.05, 0.1) is 5.56 Å². The van der Waals surface area contributed by atoms with Gasteiger partial charge < -0.3 is 14.5 Å². The number of benzene rings is 2. The van der Waals surface area contributed by atoms with Gasteiger partial charge in [-0.05, 0) is 56.2 Å². The topological polar surface area (TPSA) is 94.3 Å². The molecule has 0 spiro atoms. The number of carbonyl (C=O) groups excluding carboxylic acids is 2. The third kappa shape index (κ3) is 4.20. The second kappa shape index (κ2) is 7.82. The van der Waals surface area contributed by atoms with Crippen molar-refractivity contribution in [2.75, 3.05) is 5.32 Å². The molecule has 2 aromatic carbocycles. The Kier molecular flexibility index (Phi) is 5.30. The van der Waals surface area contributed by atoms with Gasteiger partial charge in [0.25, 0.3) is 5.91 Å². The summed E-state index contributed by atoms with van der Waals surface area (Å²) in [7, 11) is 0. The molecule has 27 heavy (non-hydrogen) atoms. The van der Waals surface area contributed by atoms with E-state index in [-0.39, 0.29) is 5.91 Å². The first kappa shape index (κ1) is 18.3. The largest absolute Gasteiger partial charge is 0.449 e. The molecule has 1 atom stereocenters. The number of aryl methyl sites for hydroxylation is 2. The lowest BCUT2D eigenvalue weighted by atomic mass is 10.1. The number of esters is 1. The molecule has 0 saturated heterocycles. The van der Waals surface area contributed by atoms with E-state index in [0.717, 1.165) is 16.8 Å². The van der Waals surface area contributed by atoms with Gasteiger partial charge in [0.1, 0.15) is 0 Å². The number of hydrogen-bond donors (Lipinski definition) is 1. The quantitative estimate of drug-likeness (QED) is 0.695. The van der Waals surface area contributed by atoms with Crippen LogP contribution in [0.4, 0.5) is 5.69 Å². The highest BCUT2D eigenvalue weighted by Crippen LogP contribution is 2.20. The summed E-state index contributed by atoms with van der Waals surface area (Å²) in [6.07, 6.45) is 0.292. The van der Waals surface area contributed by atoms with Gasteiger partial charge in [-0.2, -0.15) is 0 Å². The third-order valence-electron chi connectivity index (χ3n) is 4.11. The Balaban J connectivity index is 1.64. The fourth-order valence-electron chi connectivity index (χ4n) is 2.57. The second-order valence-electron chi connectivity index (χ2n) is 6.12. The lowest BCUT2D eigenvalue weighted by Crippen LogP contribution is -2.30. The fraction of sp³-hybridized carbons (Fsp3) is 0.200. The van der Waals surface area contributed by atoms with Crippen LogP contribution >= 0.6 is 0 Å². The number of aromatic nitrogens is 2. The molecule has 1 aromatic heterocycles. The number of amides is 1. The molecule has 0 aliphatic rings. The summed E-state index contributed by atoms with van der Waals surface area (Å²) in [5.41, 5.74) is 3.63. The van der Waals surface area contributed by atoms with Crippen molar-refractivity contribution >= 4 is 17.6 Å². The first-order valence-corrected chi connectivity index (χ1v) is 8.40. The van der Waals surface area contributed by atoms with Crippen LogP contribution in [0.1, 0.15) is 28.4 Å². The normalized spacial score (nSPS) is 11.7. The van der Waals surface area contributed by atoms with Crippen LogP contribution in [-0.4, -0.2) is 28.2 Å². The Hall–Kier alpha value is -3.48. The van der Waals surface area contributed by atoms with Crippen LogP contribution < -0.4 is 5.32 Å². The fourth-order valence-corrected chi connectivity index (χ4v) is 2.57. The van der Waals surface area contributed by atoms with Gasteiger partial charge in [-0.3, -0.25) is 4.79 Å². The van der Waals surface area contributed by atoms with Gasteiger partial charge in [-0.25, -0.2) is 4.79 Å². The number of nitrogens with one attached hydrogen (secondary N) is 1. The number of carbonyl (C=O) groups is 2. The van der Waals surface area contributed by atoms with Gasteiger partial charge in [-0.1, -0.05) is 18.2 Å². The van der Waals surface area contributed by atoms with Crippen LogP contribution in [-0.2, 0) is 9.53 Å². The van der Waals surface area contributed by atoms with E-state index in [1.165, 1.54) is 13.3 Å². The Morgan fingerprint density at radius 1 is 1.07 bits per heavy atom. The van der Waals surface area contributed by atoms with Crippen molar-refractivity contribution in [2.45, 2.75) is 26.9 Å². The van der Waals surface area contributed by atoms with Gasteiger partial charge >= 0.3 is 5.97 Å². The Morgan fingerprint density at radius 3 is 2.33 bits per heavy atom. The number of ether oxygens (including phenoxy) is 1.